The maximum Gasteiger partial charge on any atom is 0.225 e. The molecule has 1 fully saturated rings. The number of hydrogen-bond acceptors (Lipinski definition) is 7. The number of rotatable bonds is 7. The van der Waals surface area contributed by atoms with Crippen molar-refractivity contribution in [1.82, 2.24) is 25.0 Å². The van der Waals surface area contributed by atoms with Gasteiger partial charge < -0.3 is 14.8 Å². The first-order chi connectivity index (χ1) is 16.5. The maximum atomic E-state index is 12.9. The Kier molecular flexibility index (Phi) is 6.21. The number of H-pyrrole nitrogens is 1. The highest BCUT2D eigenvalue weighted by Crippen LogP contribution is 2.33. The van der Waals surface area contributed by atoms with E-state index in [-0.39, 0.29) is 5.78 Å². The van der Waals surface area contributed by atoms with Crippen LogP contribution in [-0.4, -0.2) is 51.1 Å². The Bertz CT molecular complexity index is 1340. The van der Waals surface area contributed by atoms with Gasteiger partial charge >= 0.3 is 0 Å². The molecule has 0 amide bonds. The number of anilines is 2. The minimum Gasteiger partial charge on any atom is -0.496 e. The largest absolute Gasteiger partial charge is 0.496 e. The Labute approximate surface area is 201 Å². The van der Waals surface area contributed by atoms with E-state index in [1.807, 2.05) is 18.2 Å². The van der Waals surface area contributed by atoms with E-state index in [1.165, 1.54) is 0 Å². The molecule has 0 saturated carbocycles. The highest BCUT2D eigenvalue weighted by atomic mass is 35.5. The zero-order chi connectivity index (χ0) is 23.7. The molecule has 3 heterocycles. The molecule has 0 radical (unpaired) electrons. The summed E-state index contributed by atoms with van der Waals surface area (Å²) < 4.78 is 12.6. The number of aromatic nitrogens is 5. The minimum absolute atomic E-state index is 0.0796. The summed E-state index contributed by atoms with van der Waals surface area (Å²) in [6.07, 6.45) is 4.01. The lowest BCUT2D eigenvalue weighted by Gasteiger charge is -2.21. The summed E-state index contributed by atoms with van der Waals surface area (Å²) in [7, 11) is 3.36. The zero-order valence-electron chi connectivity index (χ0n) is 19.0. The molecular weight excluding hydrogens is 456 g/mol. The monoisotopic (exact) mass is 480 g/mol. The van der Waals surface area contributed by atoms with Crippen LogP contribution in [0.25, 0.3) is 22.3 Å². The van der Waals surface area contributed by atoms with Crippen molar-refractivity contribution in [2.45, 2.75) is 19.3 Å². The molecule has 1 aliphatic heterocycles. The fourth-order valence-corrected chi connectivity index (χ4v) is 4.46. The number of hydrogen-bond donors (Lipinski definition) is 2. The average molecular weight is 481 g/mol. The van der Waals surface area contributed by atoms with Crippen LogP contribution in [0.2, 0.25) is 5.02 Å². The van der Waals surface area contributed by atoms with Crippen molar-refractivity contribution in [3.8, 4) is 17.1 Å². The number of aryl methyl sites for hydroxylation is 1. The van der Waals surface area contributed by atoms with E-state index in [0.717, 1.165) is 42.5 Å². The number of carbonyl (C=O) groups is 1. The number of ketones is 1. The summed E-state index contributed by atoms with van der Waals surface area (Å²) >= 11 is 6.53. The average Bonchev–Trinajstić information content (AvgIpc) is 3.48. The van der Waals surface area contributed by atoms with Crippen LogP contribution in [0.15, 0.2) is 36.5 Å². The van der Waals surface area contributed by atoms with Gasteiger partial charge in [0.05, 0.1) is 35.1 Å². The van der Waals surface area contributed by atoms with Crippen molar-refractivity contribution in [2.24, 2.45) is 13.0 Å². The second-order valence-electron chi connectivity index (χ2n) is 8.36. The number of benzene rings is 2. The van der Waals surface area contributed by atoms with Gasteiger partial charge in [-0.3, -0.25) is 9.89 Å². The highest BCUT2D eigenvalue weighted by Gasteiger charge is 2.22. The second-order valence-corrected chi connectivity index (χ2v) is 8.74. The molecule has 2 aromatic carbocycles. The Balaban J connectivity index is 1.38. The van der Waals surface area contributed by atoms with Crippen molar-refractivity contribution in [3.05, 3.63) is 47.1 Å². The van der Waals surface area contributed by atoms with E-state index in [9.17, 15) is 4.79 Å². The number of ether oxygens (including phenoxy) is 2. The number of carbonyl (C=O) groups excluding carboxylic acids is 1. The highest BCUT2D eigenvalue weighted by molar-refractivity contribution is 6.38. The third-order valence-corrected chi connectivity index (χ3v) is 6.55. The van der Waals surface area contributed by atoms with E-state index in [1.54, 1.807) is 37.2 Å². The van der Waals surface area contributed by atoms with Crippen LogP contribution in [0.1, 0.15) is 29.6 Å². The SMILES string of the molecule is COc1cc(-c2nc(Nc3ccc4[nH]ncc4c3Cl)n(C)n2)ccc1C(=O)CC1CCOCC1. The van der Waals surface area contributed by atoms with Crippen molar-refractivity contribution in [2.75, 3.05) is 25.6 Å². The smallest absolute Gasteiger partial charge is 0.225 e. The van der Waals surface area contributed by atoms with Gasteiger partial charge in [-0.25, -0.2) is 4.68 Å². The van der Waals surface area contributed by atoms with Crippen LogP contribution in [0, 0.1) is 5.92 Å². The molecule has 176 valence electrons. The van der Waals surface area contributed by atoms with Crippen molar-refractivity contribution < 1.29 is 14.3 Å². The molecule has 2 N–H and O–H groups in total. The number of Topliss-reactive ketones (excluding diaryl/α,β-unsaturated/α-hetero) is 1. The summed E-state index contributed by atoms with van der Waals surface area (Å²) in [6, 6.07) is 9.21. The number of fused-ring (bicyclic) bond motifs is 1. The number of halogens is 1. The third-order valence-electron chi connectivity index (χ3n) is 6.14. The van der Waals surface area contributed by atoms with E-state index in [0.29, 0.717) is 46.1 Å². The Hall–Kier alpha value is -3.43. The van der Waals surface area contributed by atoms with Gasteiger partial charge in [0.15, 0.2) is 11.6 Å². The van der Waals surface area contributed by atoms with Gasteiger partial charge in [-0.15, -0.1) is 5.10 Å². The van der Waals surface area contributed by atoms with Crippen LogP contribution in [0.3, 0.4) is 0 Å². The van der Waals surface area contributed by atoms with Crippen LogP contribution < -0.4 is 10.1 Å². The predicted molar refractivity (Wildman–Crippen MR) is 130 cm³/mol. The fraction of sp³-hybridized carbons (Fsp3) is 0.333. The molecule has 5 rings (SSSR count). The quantitative estimate of drug-likeness (QED) is 0.367. The maximum absolute atomic E-state index is 12.9. The Morgan fingerprint density at radius 1 is 1.29 bits per heavy atom. The van der Waals surface area contributed by atoms with Crippen LogP contribution in [-0.2, 0) is 11.8 Å². The molecule has 34 heavy (non-hydrogen) atoms. The van der Waals surface area contributed by atoms with Gasteiger partial charge in [-0.05, 0) is 43.0 Å². The lowest BCUT2D eigenvalue weighted by molar-refractivity contribution is 0.0600. The van der Waals surface area contributed by atoms with E-state index >= 15 is 0 Å². The van der Waals surface area contributed by atoms with Crippen molar-refractivity contribution in [1.29, 1.82) is 0 Å². The van der Waals surface area contributed by atoms with Gasteiger partial charge in [0, 0.05) is 37.6 Å². The first kappa shape index (κ1) is 22.4. The van der Waals surface area contributed by atoms with E-state index in [4.69, 9.17) is 21.1 Å². The summed E-state index contributed by atoms with van der Waals surface area (Å²) in [5, 5.41) is 16.1. The lowest BCUT2D eigenvalue weighted by Crippen LogP contribution is -2.19. The van der Waals surface area contributed by atoms with Gasteiger partial charge in [0.25, 0.3) is 0 Å². The zero-order valence-corrected chi connectivity index (χ0v) is 19.7. The first-order valence-electron chi connectivity index (χ1n) is 11.1. The molecule has 1 aliphatic rings. The molecule has 10 heteroatoms. The van der Waals surface area contributed by atoms with E-state index < -0.39 is 0 Å². The Morgan fingerprint density at radius 2 is 2.12 bits per heavy atom. The molecule has 9 nitrogen and oxygen atoms in total. The molecule has 2 aromatic heterocycles. The van der Waals surface area contributed by atoms with Gasteiger partial charge in [0.1, 0.15) is 5.75 Å². The van der Waals surface area contributed by atoms with Gasteiger partial charge in [-0.1, -0.05) is 17.7 Å². The lowest BCUT2D eigenvalue weighted by atomic mass is 9.91. The first-order valence-corrected chi connectivity index (χ1v) is 11.5. The minimum atomic E-state index is 0.0796. The number of nitrogens with one attached hydrogen (secondary N) is 2. The van der Waals surface area contributed by atoms with Gasteiger partial charge in [0.2, 0.25) is 5.95 Å². The van der Waals surface area contributed by atoms with Crippen LogP contribution >= 0.6 is 11.6 Å². The number of methoxy groups -OCH3 is 1. The van der Waals surface area contributed by atoms with E-state index in [2.05, 4.69) is 25.6 Å². The second kappa shape index (κ2) is 9.44. The fourth-order valence-electron chi connectivity index (χ4n) is 4.20. The van der Waals surface area contributed by atoms with Crippen molar-refractivity contribution in [3.63, 3.8) is 0 Å². The molecule has 0 bridgehead atoms. The number of nitrogens with zero attached hydrogens (tertiary/aromatic N) is 4. The standard InChI is InChI=1S/C24H25ClN6O3/c1-31-24(27-19-6-5-18-17(22(19)25)13-26-29-18)28-23(30-31)15-3-4-16(21(12-15)33-2)20(32)11-14-7-9-34-10-8-14/h3-6,12-14H,7-11H2,1-2H3,(H,26,29)(H,27,28,30). The molecule has 0 aliphatic carbocycles. The topological polar surface area (TPSA) is 107 Å². The number of aromatic amines is 1. The molecular formula is C24H25ClN6O3. The summed E-state index contributed by atoms with van der Waals surface area (Å²) in [5.41, 5.74) is 2.88. The Morgan fingerprint density at radius 3 is 2.91 bits per heavy atom. The molecule has 0 atom stereocenters. The molecule has 0 spiro atoms. The normalized spacial score (nSPS) is 14.4. The molecule has 0 unspecified atom stereocenters. The van der Waals surface area contributed by atoms with Crippen LogP contribution in [0.4, 0.5) is 11.6 Å². The van der Waals surface area contributed by atoms with Crippen LogP contribution in [0.5, 0.6) is 5.75 Å². The summed E-state index contributed by atoms with van der Waals surface area (Å²) in [6.45, 7) is 1.44. The van der Waals surface area contributed by atoms with Gasteiger partial charge in [-0.2, -0.15) is 10.1 Å². The molecule has 1 saturated heterocycles. The predicted octanol–water partition coefficient (Wildman–Crippen LogP) is 4.76. The molecule has 4 aromatic rings. The summed E-state index contributed by atoms with van der Waals surface area (Å²) in [4.78, 5) is 17.6. The van der Waals surface area contributed by atoms with Crippen molar-refractivity contribution >= 4 is 39.9 Å². The third kappa shape index (κ3) is 4.36. The summed E-state index contributed by atoms with van der Waals surface area (Å²) in [5.74, 6) is 1.98.